The Balaban J connectivity index is 2.78. The summed E-state index contributed by atoms with van der Waals surface area (Å²) in [6.07, 6.45) is 0.593. The summed E-state index contributed by atoms with van der Waals surface area (Å²) in [5.74, 6) is 0.943. The van der Waals surface area contributed by atoms with Crippen LogP contribution in [0.25, 0.3) is 11.2 Å². The van der Waals surface area contributed by atoms with Gasteiger partial charge in [-0.15, -0.1) is 11.6 Å². The highest BCUT2D eigenvalue weighted by Crippen LogP contribution is 2.28. The summed E-state index contributed by atoms with van der Waals surface area (Å²) in [6, 6.07) is -0.449. The normalized spacial score (nSPS) is 13.2. The molecule has 0 aliphatic heterocycles. The molecule has 2 aromatic heterocycles. The van der Waals surface area contributed by atoms with E-state index in [0.717, 1.165) is 22.7 Å². The third-order valence-corrected chi connectivity index (χ3v) is 3.82. The zero-order chi connectivity index (χ0) is 15.7. The molecule has 0 saturated carbocycles. The number of fused-ring (bicyclic) bond motifs is 1. The van der Waals surface area contributed by atoms with Crippen molar-refractivity contribution in [1.82, 2.24) is 19.3 Å². The molecule has 21 heavy (non-hydrogen) atoms. The van der Waals surface area contributed by atoms with Crippen LogP contribution in [0.15, 0.2) is 0 Å². The SMILES string of the molecule is CCn1nc(C)c2nc(CCCl)n(C(C(N)=O)C(C)C)c21. The van der Waals surface area contributed by atoms with Crippen LogP contribution in [0, 0.1) is 12.8 Å². The van der Waals surface area contributed by atoms with Gasteiger partial charge in [0.1, 0.15) is 17.4 Å². The van der Waals surface area contributed by atoms with Crippen molar-refractivity contribution < 1.29 is 4.79 Å². The summed E-state index contributed by atoms with van der Waals surface area (Å²) >= 11 is 5.89. The van der Waals surface area contributed by atoms with Gasteiger partial charge in [-0.25, -0.2) is 9.67 Å². The summed E-state index contributed by atoms with van der Waals surface area (Å²) in [6.45, 7) is 8.60. The van der Waals surface area contributed by atoms with Crippen LogP contribution in [-0.2, 0) is 17.8 Å². The van der Waals surface area contributed by atoms with Crippen molar-refractivity contribution in [3.63, 3.8) is 0 Å². The number of aromatic nitrogens is 4. The number of aryl methyl sites for hydroxylation is 3. The number of amides is 1. The molecule has 2 heterocycles. The van der Waals surface area contributed by atoms with Crippen LogP contribution in [0.3, 0.4) is 0 Å². The lowest BCUT2D eigenvalue weighted by Crippen LogP contribution is -2.32. The highest BCUT2D eigenvalue weighted by Gasteiger charge is 2.29. The fraction of sp³-hybridized carbons (Fsp3) is 0.643. The first-order chi connectivity index (χ1) is 9.92. The van der Waals surface area contributed by atoms with Gasteiger partial charge in [-0.3, -0.25) is 9.36 Å². The van der Waals surface area contributed by atoms with E-state index in [-0.39, 0.29) is 11.8 Å². The molecule has 0 aromatic carbocycles. The number of nitrogens with two attached hydrogens (primary N) is 1. The van der Waals surface area contributed by atoms with E-state index in [2.05, 4.69) is 10.1 Å². The monoisotopic (exact) mass is 311 g/mol. The van der Waals surface area contributed by atoms with Gasteiger partial charge in [0.15, 0.2) is 5.65 Å². The number of alkyl halides is 1. The zero-order valence-electron chi connectivity index (χ0n) is 12.9. The van der Waals surface area contributed by atoms with E-state index >= 15 is 0 Å². The lowest BCUT2D eigenvalue weighted by Gasteiger charge is -2.22. The van der Waals surface area contributed by atoms with Gasteiger partial charge >= 0.3 is 0 Å². The molecule has 116 valence electrons. The van der Waals surface area contributed by atoms with Crippen molar-refractivity contribution in [1.29, 1.82) is 0 Å². The fourth-order valence-corrected chi connectivity index (χ4v) is 2.93. The first-order valence-electron chi connectivity index (χ1n) is 7.21. The van der Waals surface area contributed by atoms with Crippen molar-refractivity contribution in [3.05, 3.63) is 11.5 Å². The minimum absolute atomic E-state index is 0.0643. The van der Waals surface area contributed by atoms with Crippen LogP contribution in [0.4, 0.5) is 0 Å². The predicted molar refractivity (Wildman–Crippen MR) is 83.4 cm³/mol. The molecule has 1 amide bonds. The van der Waals surface area contributed by atoms with Crippen molar-refractivity contribution in [2.75, 3.05) is 5.88 Å². The van der Waals surface area contributed by atoms with Gasteiger partial charge in [0.05, 0.1) is 5.69 Å². The van der Waals surface area contributed by atoms with Crippen molar-refractivity contribution in [2.24, 2.45) is 11.7 Å². The van der Waals surface area contributed by atoms with Gasteiger partial charge in [-0.2, -0.15) is 5.10 Å². The van der Waals surface area contributed by atoms with Crippen molar-refractivity contribution >= 4 is 28.7 Å². The second-order valence-electron chi connectivity index (χ2n) is 5.50. The van der Waals surface area contributed by atoms with Gasteiger partial charge in [-0.05, 0) is 19.8 Å². The number of carbonyl (C=O) groups is 1. The molecule has 0 saturated heterocycles. The van der Waals surface area contributed by atoms with E-state index in [1.807, 2.05) is 36.9 Å². The van der Waals surface area contributed by atoms with Gasteiger partial charge in [0, 0.05) is 18.8 Å². The molecule has 1 atom stereocenters. The lowest BCUT2D eigenvalue weighted by molar-refractivity contribution is -0.122. The second kappa shape index (κ2) is 6.05. The molecular weight excluding hydrogens is 290 g/mol. The number of hydrogen-bond acceptors (Lipinski definition) is 3. The van der Waals surface area contributed by atoms with Crippen LogP contribution in [0.1, 0.15) is 38.3 Å². The van der Waals surface area contributed by atoms with E-state index in [0.29, 0.717) is 18.8 Å². The molecule has 2 aromatic rings. The molecule has 7 heteroatoms. The Morgan fingerprint density at radius 3 is 2.57 bits per heavy atom. The molecule has 2 N–H and O–H groups in total. The lowest BCUT2D eigenvalue weighted by atomic mass is 10.0. The average Bonchev–Trinajstić information content (AvgIpc) is 2.89. The van der Waals surface area contributed by atoms with Crippen molar-refractivity contribution in [2.45, 2.75) is 46.7 Å². The highest BCUT2D eigenvalue weighted by molar-refractivity contribution is 6.17. The summed E-state index contributed by atoms with van der Waals surface area (Å²) in [5.41, 5.74) is 8.17. The standard InChI is InChI=1S/C14H22ClN5O/c1-5-19-14-11(9(4)18-19)17-10(6-7-15)20(14)12(8(2)3)13(16)21/h8,12H,5-7H2,1-4H3,(H2,16,21). The summed E-state index contributed by atoms with van der Waals surface area (Å²) in [5, 5.41) is 4.48. The summed E-state index contributed by atoms with van der Waals surface area (Å²) in [4.78, 5) is 16.6. The molecule has 1 unspecified atom stereocenters. The number of rotatable bonds is 6. The number of primary amides is 1. The third kappa shape index (κ3) is 2.64. The third-order valence-electron chi connectivity index (χ3n) is 3.64. The topological polar surface area (TPSA) is 78.7 Å². The van der Waals surface area contributed by atoms with Gasteiger partial charge in [-0.1, -0.05) is 13.8 Å². The fourth-order valence-electron chi connectivity index (χ4n) is 2.76. The molecule has 0 bridgehead atoms. The molecule has 0 aliphatic carbocycles. The zero-order valence-corrected chi connectivity index (χ0v) is 13.7. The Morgan fingerprint density at radius 1 is 1.43 bits per heavy atom. The maximum absolute atomic E-state index is 12.0. The van der Waals surface area contributed by atoms with Gasteiger partial charge in [0.2, 0.25) is 5.91 Å². The minimum atomic E-state index is -0.449. The number of halogens is 1. The number of hydrogen-bond donors (Lipinski definition) is 1. The smallest absolute Gasteiger partial charge is 0.240 e. The molecule has 0 spiro atoms. The van der Waals surface area contributed by atoms with Crippen LogP contribution in [0.2, 0.25) is 0 Å². The van der Waals surface area contributed by atoms with Crippen molar-refractivity contribution in [3.8, 4) is 0 Å². The van der Waals surface area contributed by atoms with E-state index < -0.39 is 6.04 Å². The van der Waals surface area contributed by atoms with Crippen LogP contribution in [-0.4, -0.2) is 31.1 Å². The second-order valence-corrected chi connectivity index (χ2v) is 5.88. The first-order valence-corrected chi connectivity index (χ1v) is 7.75. The molecule has 0 aliphatic rings. The van der Waals surface area contributed by atoms with Gasteiger partial charge in [0.25, 0.3) is 0 Å². The van der Waals surface area contributed by atoms with Crippen LogP contribution < -0.4 is 5.73 Å². The maximum atomic E-state index is 12.0. The maximum Gasteiger partial charge on any atom is 0.240 e. The van der Waals surface area contributed by atoms with Crippen LogP contribution >= 0.6 is 11.6 Å². The van der Waals surface area contributed by atoms with E-state index in [1.165, 1.54) is 0 Å². The molecular formula is C14H22ClN5O. The van der Waals surface area contributed by atoms with E-state index in [1.54, 1.807) is 0 Å². The summed E-state index contributed by atoms with van der Waals surface area (Å²) in [7, 11) is 0. The van der Waals surface area contributed by atoms with E-state index in [4.69, 9.17) is 17.3 Å². The van der Waals surface area contributed by atoms with Gasteiger partial charge < -0.3 is 5.73 Å². The molecule has 0 fully saturated rings. The largest absolute Gasteiger partial charge is 0.368 e. The Bertz CT molecular complexity index is 658. The molecule has 0 radical (unpaired) electrons. The summed E-state index contributed by atoms with van der Waals surface area (Å²) < 4.78 is 3.79. The Kier molecular flexibility index (Phi) is 4.56. The van der Waals surface area contributed by atoms with E-state index in [9.17, 15) is 4.79 Å². The Hall–Kier alpha value is -1.56. The molecule has 2 rings (SSSR count). The average molecular weight is 312 g/mol. The number of imidazole rings is 1. The highest BCUT2D eigenvalue weighted by atomic mass is 35.5. The quantitative estimate of drug-likeness (QED) is 0.829. The first kappa shape index (κ1) is 15.8. The van der Waals surface area contributed by atoms with Crippen LogP contribution in [0.5, 0.6) is 0 Å². The Morgan fingerprint density at radius 2 is 2.10 bits per heavy atom. The number of carbonyl (C=O) groups excluding carboxylic acids is 1. The minimum Gasteiger partial charge on any atom is -0.368 e. The predicted octanol–water partition coefficient (Wildman–Crippen LogP) is 2.02. The Labute approximate surface area is 129 Å². The molecule has 6 nitrogen and oxygen atoms in total. The number of nitrogens with zero attached hydrogens (tertiary/aromatic N) is 4.